The maximum atomic E-state index is 2.87. The molecule has 0 unspecified atom stereocenters. The van der Waals surface area contributed by atoms with E-state index in [0.717, 1.165) is 0 Å². The Morgan fingerprint density at radius 1 is 0.560 bits per heavy atom. The molecule has 130 valence electrons. The van der Waals surface area contributed by atoms with Gasteiger partial charge in [0.15, 0.2) is 0 Å². The minimum absolute atomic E-state index is 1.22. The molecule has 0 aliphatic carbocycles. The second-order valence-electron chi connectivity index (χ2n) is 6.31. The van der Waals surface area contributed by atoms with Crippen LogP contribution in [0.4, 0.5) is 0 Å². The third-order valence-corrected chi connectivity index (χ3v) is 17.3. The Morgan fingerprint density at radius 3 is 1.24 bits per heavy atom. The summed E-state index contributed by atoms with van der Waals surface area (Å²) in [7, 11) is 0. The molecule has 0 bridgehead atoms. The average molecular weight is 572 g/mol. The van der Waals surface area contributed by atoms with Gasteiger partial charge in [0.2, 0.25) is 0 Å². The molecule has 0 radical (unpaired) electrons. The zero-order valence-electron chi connectivity index (χ0n) is 14.2. The Morgan fingerprint density at radius 2 is 0.920 bits per heavy atom. The van der Waals surface area contributed by atoms with Gasteiger partial charge in [-0.2, -0.15) is 0 Å². The molecule has 0 saturated carbocycles. The molecule has 0 N–H and O–H groups in total. The second kappa shape index (κ2) is 8.49. The van der Waals surface area contributed by atoms with Gasteiger partial charge in [0.25, 0.3) is 0 Å². The summed E-state index contributed by atoms with van der Waals surface area (Å²) in [5, 5.41) is 4.46. The van der Waals surface area contributed by atoms with E-state index >= 15 is 0 Å². The first-order valence-corrected chi connectivity index (χ1v) is 15.4. The van der Waals surface area contributed by atoms with E-state index in [1.165, 1.54) is 39.3 Å². The van der Waals surface area contributed by atoms with Crippen molar-refractivity contribution in [3.63, 3.8) is 0 Å². The molecule has 0 spiro atoms. The molecule has 3 rings (SSSR count). The van der Waals surface area contributed by atoms with Crippen LogP contribution in [0.3, 0.4) is 0 Å². The number of hydrogen-bond acceptors (Lipinski definition) is 0. The van der Waals surface area contributed by atoms with Gasteiger partial charge >= 0.3 is 179 Å². The summed E-state index contributed by atoms with van der Waals surface area (Å²) in [5.41, 5.74) is 0. The molecule has 3 aromatic rings. The van der Waals surface area contributed by atoms with Crippen molar-refractivity contribution in [3.8, 4) is 0 Å². The monoisotopic (exact) mass is 572 g/mol. The van der Waals surface area contributed by atoms with E-state index < -0.39 is 4.25 Å². The van der Waals surface area contributed by atoms with Crippen LogP contribution in [-0.2, 0) is 0 Å². The molecule has 0 saturated heterocycles. The number of halogens is 2. The van der Waals surface area contributed by atoms with Crippen LogP contribution in [-0.4, -0.2) is 10.6 Å². The van der Waals surface area contributed by atoms with Crippen molar-refractivity contribution in [2.75, 3.05) is 10.6 Å². The van der Waals surface area contributed by atoms with Gasteiger partial charge in [-0.1, -0.05) is 0 Å². The van der Waals surface area contributed by atoms with Crippen LogP contribution in [0.5, 0.6) is 0 Å². The van der Waals surface area contributed by atoms with Gasteiger partial charge < -0.3 is 0 Å². The fraction of sp³-hybridized carbons (Fsp3) is 0.182. The summed E-state index contributed by atoms with van der Waals surface area (Å²) in [5.74, 6) is 0. The van der Waals surface area contributed by atoms with Gasteiger partial charge in [-0.15, -0.1) is 0 Å². The van der Waals surface area contributed by atoms with Crippen molar-refractivity contribution in [3.05, 3.63) is 91.0 Å². The number of benzene rings is 3. The molecule has 25 heavy (non-hydrogen) atoms. The average Bonchev–Trinajstić information content (AvgIpc) is 2.70. The molecule has 0 aromatic heterocycles. The zero-order chi connectivity index (χ0) is 17.6. The third-order valence-electron chi connectivity index (χ3n) is 4.85. The van der Waals surface area contributed by atoms with Gasteiger partial charge in [-0.25, -0.2) is 0 Å². The van der Waals surface area contributed by atoms with Gasteiger partial charge in [-0.3, -0.25) is 0 Å². The van der Waals surface area contributed by atoms with Crippen LogP contribution < -0.4 is 15.9 Å². The molecule has 0 aliphatic heterocycles. The van der Waals surface area contributed by atoms with E-state index in [-0.39, 0.29) is 0 Å². The number of alkyl halides is 1. The molecule has 0 fully saturated rings. The summed E-state index contributed by atoms with van der Waals surface area (Å²) in [6, 6.07) is 33.6. The summed E-state index contributed by atoms with van der Waals surface area (Å²) >= 11 is 5.37. The van der Waals surface area contributed by atoms with E-state index in [2.05, 4.69) is 136 Å². The topological polar surface area (TPSA) is 0 Å². The van der Waals surface area contributed by atoms with E-state index in [1.807, 2.05) is 0 Å². The summed E-state index contributed by atoms with van der Waals surface area (Å²) < 4.78 is -1.28. The first-order valence-electron chi connectivity index (χ1n) is 8.66. The van der Waals surface area contributed by atoms with Gasteiger partial charge in [0, 0.05) is 0 Å². The van der Waals surface area contributed by atoms with Crippen LogP contribution in [0.25, 0.3) is 0 Å². The molecule has 0 atom stereocenters. The Kier molecular flexibility index (Phi) is 6.56. The van der Waals surface area contributed by atoms with Crippen molar-refractivity contribution >= 4 is 64.8 Å². The van der Waals surface area contributed by atoms with Crippen molar-refractivity contribution in [1.29, 1.82) is 0 Å². The first-order chi connectivity index (χ1) is 12.2. The van der Waals surface area contributed by atoms with Crippen LogP contribution in [0.1, 0.15) is 12.8 Å². The fourth-order valence-electron chi connectivity index (χ4n) is 3.55. The zero-order valence-corrected chi connectivity index (χ0v) is 19.4. The number of unbranched alkanes of at least 4 members (excludes halogenated alkanes) is 1. The minimum atomic E-state index is -2.50. The third kappa shape index (κ3) is 3.68. The Labute approximate surface area is 178 Å². The van der Waals surface area contributed by atoms with E-state index in [9.17, 15) is 0 Å². The molecule has 3 aromatic carbocycles. The van der Waals surface area contributed by atoms with Crippen LogP contribution in [0.15, 0.2) is 91.0 Å². The normalized spacial score (nSPS) is 13.1. The van der Waals surface area contributed by atoms with Crippen LogP contribution in [0.2, 0.25) is 0 Å². The second-order valence-corrected chi connectivity index (χ2v) is 18.1. The van der Waals surface area contributed by atoms with Crippen LogP contribution >= 0.6 is 48.9 Å². The number of rotatable bonds is 7. The molecule has 0 aliphatic rings. The quantitative estimate of drug-likeness (QED) is 0.139. The maximum absolute atomic E-state index is 2.87. The fourth-order valence-corrected chi connectivity index (χ4v) is 12.9. The van der Waals surface area contributed by atoms with E-state index in [4.69, 9.17) is 0 Å². The SMILES string of the molecule is ICCCCP(I)(c1ccccc1)(c1ccccc1)c1ccccc1. The van der Waals surface area contributed by atoms with Crippen molar-refractivity contribution in [1.82, 2.24) is 0 Å². The van der Waals surface area contributed by atoms with Crippen molar-refractivity contribution in [2.45, 2.75) is 12.8 Å². The van der Waals surface area contributed by atoms with E-state index in [0.29, 0.717) is 0 Å². The molecule has 0 amide bonds. The summed E-state index contributed by atoms with van der Waals surface area (Å²) in [4.78, 5) is 0. The first kappa shape index (κ1) is 19.3. The molecular weight excluding hydrogens is 549 g/mol. The van der Waals surface area contributed by atoms with E-state index in [1.54, 1.807) is 0 Å². The predicted octanol–water partition coefficient (Wildman–Crippen LogP) is 6.08. The molecular formula is C22H23I2P. The van der Waals surface area contributed by atoms with Gasteiger partial charge in [0.05, 0.1) is 0 Å². The Balaban J connectivity index is 2.32. The van der Waals surface area contributed by atoms with Crippen LogP contribution in [0, 0.1) is 0 Å². The Hall–Kier alpha value is -0.450. The summed E-state index contributed by atoms with van der Waals surface area (Å²) in [6.45, 7) is 0. The van der Waals surface area contributed by atoms with Crippen molar-refractivity contribution < 1.29 is 0 Å². The number of hydrogen-bond donors (Lipinski definition) is 0. The predicted molar refractivity (Wildman–Crippen MR) is 132 cm³/mol. The van der Waals surface area contributed by atoms with Gasteiger partial charge in [-0.05, 0) is 0 Å². The van der Waals surface area contributed by atoms with Crippen molar-refractivity contribution in [2.24, 2.45) is 0 Å². The standard InChI is InChI=1S/C22H23I2P/c23-18-10-11-19-25(24,20-12-4-1-5-13-20,21-14-6-2-7-15-21)22-16-8-3-9-17-22/h1-9,12-17H,10-11,18-19H2. The molecule has 0 heterocycles. The molecule has 3 heteroatoms. The summed E-state index contributed by atoms with van der Waals surface area (Å²) in [6.07, 6.45) is 3.74. The molecule has 0 nitrogen and oxygen atoms in total. The van der Waals surface area contributed by atoms with Gasteiger partial charge in [0.1, 0.15) is 0 Å². The Bertz CT molecular complexity index is 689.